The maximum Gasteiger partial charge on any atom is 0.167 e. The van der Waals surface area contributed by atoms with Crippen LogP contribution >= 0.6 is 0 Å². The van der Waals surface area contributed by atoms with Crippen LogP contribution in [0, 0.1) is 11.7 Å². The molecule has 0 bridgehead atoms. The van der Waals surface area contributed by atoms with Crippen LogP contribution in [0.25, 0.3) is 10.9 Å². The number of hydrogen-bond acceptors (Lipinski definition) is 5. The molecule has 112 valence electrons. The number of fused-ring (bicyclic) bond motifs is 1. The zero-order chi connectivity index (χ0) is 15.0. The van der Waals surface area contributed by atoms with Gasteiger partial charge >= 0.3 is 0 Å². The van der Waals surface area contributed by atoms with Gasteiger partial charge in [-0.2, -0.15) is 0 Å². The molecule has 0 spiro atoms. The van der Waals surface area contributed by atoms with Crippen LogP contribution in [0.1, 0.15) is 13.3 Å². The van der Waals surface area contributed by atoms with E-state index in [9.17, 15) is 9.50 Å². The van der Waals surface area contributed by atoms with E-state index in [4.69, 9.17) is 4.74 Å². The number of benzene rings is 1. The second kappa shape index (κ2) is 5.44. The minimum atomic E-state index is -0.433. The predicted octanol–water partition coefficient (Wildman–Crippen LogP) is 1.98. The molecule has 2 atom stereocenters. The minimum absolute atomic E-state index is 0.172. The van der Waals surface area contributed by atoms with E-state index in [1.807, 2.05) is 6.92 Å². The van der Waals surface area contributed by atoms with E-state index in [1.54, 1.807) is 6.07 Å². The van der Waals surface area contributed by atoms with Gasteiger partial charge in [0.15, 0.2) is 11.6 Å². The van der Waals surface area contributed by atoms with Crippen LogP contribution in [-0.2, 0) is 0 Å². The molecule has 0 saturated carbocycles. The highest BCUT2D eigenvalue weighted by atomic mass is 19.1. The Kier molecular flexibility index (Phi) is 3.63. The summed E-state index contributed by atoms with van der Waals surface area (Å²) in [6, 6.07) is 3.00. The Hall–Kier alpha value is -1.95. The Morgan fingerprint density at radius 3 is 2.90 bits per heavy atom. The Bertz CT molecular complexity index is 665. The molecular formula is C15H18FN3O2. The van der Waals surface area contributed by atoms with Gasteiger partial charge in [0.2, 0.25) is 0 Å². The lowest BCUT2D eigenvalue weighted by Crippen LogP contribution is -2.42. The molecule has 6 heteroatoms. The largest absolute Gasteiger partial charge is 0.494 e. The molecule has 1 N–H and O–H groups in total. The molecule has 21 heavy (non-hydrogen) atoms. The molecular weight excluding hydrogens is 273 g/mol. The zero-order valence-electron chi connectivity index (χ0n) is 12.1. The first kappa shape index (κ1) is 14.0. The standard InChI is InChI=1S/C15H18FN3O2/c1-9-7-19(4-3-13(9)20)15-10-5-14(21-2)11(16)6-12(10)17-8-18-15/h5-6,8-9,13,20H,3-4,7H2,1-2H3/t9-,13-/m1/s1. The van der Waals surface area contributed by atoms with E-state index in [0.29, 0.717) is 18.5 Å². The van der Waals surface area contributed by atoms with Crippen molar-refractivity contribution in [3.63, 3.8) is 0 Å². The van der Waals surface area contributed by atoms with Crippen molar-refractivity contribution in [2.24, 2.45) is 5.92 Å². The average molecular weight is 291 g/mol. The van der Waals surface area contributed by atoms with Crippen LogP contribution in [0.5, 0.6) is 5.75 Å². The van der Waals surface area contributed by atoms with Crippen LogP contribution in [-0.4, -0.2) is 41.4 Å². The Morgan fingerprint density at radius 2 is 2.19 bits per heavy atom. The average Bonchev–Trinajstić information content (AvgIpc) is 2.48. The van der Waals surface area contributed by atoms with Gasteiger partial charge in [-0.3, -0.25) is 0 Å². The number of aliphatic hydroxyl groups excluding tert-OH is 1. The number of rotatable bonds is 2. The van der Waals surface area contributed by atoms with Gasteiger partial charge in [-0.25, -0.2) is 14.4 Å². The van der Waals surface area contributed by atoms with Gasteiger partial charge in [0.05, 0.1) is 18.7 Å². The van der Waals surface area contributed by atoms with Gasteiger partial charge < -0.3 is 14.7 Å². The molecule has 2 aromatic rings. The van der Waals surface area contributed by atoms with Gasteiger partial charge in [0.1, 0.15) is 12.1 Å². The van der Waals surface area contributed by atoms with Crippen molar-refractivity contribution < 1.29 is 14.2 Å². The third kappa shape index (κ3) is 2.51. The third-order valence-electron chi connectivity index (χ3n) is 4.05. The van der Waals surface area contributed by atoms with Crippen molar-refractivity contribution in [2.75, 3.05) is 25.1 Å². The number of anilines is 1. The van der Waals surface area contributed by atoms with Crippen LogP contribution in [0.4, 0.5) is 10.2 Å². The molecule has 3 rings (SSSR count). The van der Waals surface area contributed by atoms with Gasteiger partial charge in [0, 0.05) is 24.5 Å². The topological polar surface area (TPSA) is 58.5 Å². The smallest absolute Gasteiger partial charge is 0.167 e. The molecule has 1 aromatic carbocycles. The number of aliphatic hydroxyl groups is 1. The predicted molar refractivity (Wildman–Crippen MR) is 78.0 cm³/mol. The quantitative estimate of drug-likeness (QED) is 0.917. The number of hydrogen-bond donors (Lipinski definition) is 1. The minimum Gasteiger partial charge on any atom is -0.494 e. The summed E-state index contributed by atoms with van der Waals surface area (Å²) in [7, 11) is 1.44. The molecule has 5 nitrogen and oxygen atoms in total. The summed E-state index contributed by atoms with van der Waals surface area (Å²) in [5, 5.41) is 10.6. The van der Waals surface area contributed by atoms with E-state index >= 15 is 0 Å². The van der Waals surface area contributed by atoms with E-state index in [0.717, 1.165) is 17.7 Å². The maximum atomic E-state index is 13.8. The molecule has 1 aliphatic heterocycles. The number of piperidine rings is 1. The second-order valence-corrected chi connectivity index (χ2v) is 5.48. The van der Waals surface area contributed by atoms with Crippen LogP contribution in [0.3, 0.4) is 0 Å². The van der Waals surface area contributed by atoms with Gasteiger partial charge in [0.25, 0.3) is 0 Å². The Labute approximate surface area is 122 Å². The van der Waals surface area contributed by atoms with Crippen LogP contribution in [0.2, 0.25) is 0 Å². The number of nitrogens with zero attached hydrogens (tertiary/aromatic N) is 3. The molecule has 0 radical (unpaired) electrons. The second-order valence-electron chi connectivity index (χ2n) is 5.48. The fraction of sp³-hybridized carbons (Fsp3) is 0.467. The van der Waals surface area contributed by atoms with Crippen molar-refractivity contribution in [1.29, 1.82) is 0 Å². The highest BCUT2D eigenvalue weighted by Gasteiger charge is 2.26. The summed E-state index contributed by atoms with van der Waals surface area (Å²) in [6.07, 6.45) is 1.87. The molecule has 0 unspecified atom stereocenters. The molecule has 1 fully saturated rings. The molecule has 0 amide bonds. The first-order valence-electron chi connectivity index (χ1n) is 7.01. The lowest BCUT2D eigenvalue weighted by Gasteiger charge is -2.35. The highest BCUT2D eigenvalue weighted by Crippen LogP contribution is 2.31. The summed E-state index contributed by atoms with van der Waals surface area (Å²) in [5.41, 5.74) is 0.553. The highest BCUT2D eigenvalue weighted by molar-refractivity contribution is 5.90. The third-order valence-corrected chi connectivity index (χ3v) is 4.05. The first-order valence-corrected chi connectivity index (χ1v) is 7.01. The number of ether oxygens (including phenoxy) is 1. The van der Waals surface area contributed by atoms with Crippen LogP contribution in [0.15, 0.2) is 18.5 Å². The summed E-state index contributed by atoms with van der Waals surface area (Å²) in [5.74, 6) is 0.684. The SMILES string of the molecule is COc1cc2c(N3CC[C@@H](O)[C@H](C)C3)ncnc2cc1F. The maximum absolute atomic E-state index is 13.8. The molecule has 1 aromatic heterocycles. The summed E-state index contributed by atoms with van der Waals surface area (Å²) in [6.45, 7) is 3.45. The number of halogens is 1. The van der Waals surface area contributed by atoms with Crippen molar-refractivity contribution in [2.45, 2.75) is 19.4 Å². The zero-order valence-corrected chi connectivity index (χ0v) is 12.1. The van der Waals surface area contributed by atoms with E-state index < -0.39 is 5.82 Å². The van der Waals surface area contributed by atoms with Crippen molar-refractivity contribution >= 4 is 16.7 Å². The molecule has 1 saturated heterocycles. The molecule has 0 aliphatic carbocycles. The number of methoxy groups -OCH3 is 1. The lowest BCUT2D eigenvalue weighted by atomic mass is 9.96. The molecule has 1 aliphatic rings. The Morgan fingerprint density at radius 1 is 1.38 bits per heavy atom. The fourth-order valence-electron chi connectivity index (χ4n) is 2.78. The lowest BCUT2D eigenvalue weighted by molar-refractivity contribution is 0.0969. The van der Waals surface area contributed by atoms with Crippen molar-refractivity contribution in [1.82, 2.24) is 9.97 Å². The first-order chi connectivity index (χ1) is 10.1. The number of aromatic nitrogens is 2. The summed E-state index contributed by atoms with van der Waals surface area (Å²) < 4.78 is 18.8. The monoisotopic (exact) mass is 291 g/mol. The van der Waals surface area contributed by atoms with Crippen LogP contribution < -0.4 is 9.64 Å². The fourth-order valence-corrected chi connectivity index (χ4v) is 2.78. The summed E-state index contributed by atoms with van der Waals surface area (Å²) in [4.78, 5) is 10.6. The van der Waals surface area contributed by atoms with Gasteiger partial charge in [-0.05, 0) is 18.4 Å². The van der Waals surface area contributed by atoms with E-state index in [2.05, 4.69) is 14.9 Å². The van der Waals surface area contributed by atoms with E-state index in [1.165, 1.54) is 19.5 Å². The molecule has 2 heterocycles. The summed E-state index contributed by atoms with van der Waals surface area (Å²) >= 11 is 0. The van der Waals surface area contributed by atoms with E-state index in [-0.39, 0.29) is 17.8 Å². The van der Waals surface area contributed by atoms with Crippen molar-refractivity contribution in [3.8, 4) is 5.75 Å². The van der Waals surface area contributed by atoms with Crippen molar-refractivity contribution in [3.05, 3.63) is 24.3 Å². The normalized spacial score (nSPS) is 22.6. The van der Waals surface area contributed by atoms with Gasteiger partial charge in [-0.1, -0.05) is 6.92 Å². The van der Waals surface area contributed by atoms with Gasteiger partial charge in [-0.15, -0.1) is 0 Å². The Balaban J connectivity index is 2.06.